The van der Waals surface area contributed by atoms with E-state index < -0.39 is 28.7 Å². The van der Waals surface area contributed by atoms with Gasteiger partial charge < -0.3 is 25.9 Å². The molecule has 17 heteroatoms. The number of carbonyl (C=O) groups is 3. The highest BCUT2D eigenvalue weighted by Gasteiger charge is 2.57. The number of aromatic nitrogens is 4. The number of fused-ring (bicyclic) bond motifs is 1. The van der Waals surface area contributed by atoms with E-state index in [-0.39, 0.29) is 46.7 Å². The first-order chi connectivity index (χ1) is 17.9. The van der Waals surface area contributed by atoms with Gasteiger partial charge in [-0.1, -0.05) is 40.4 Å². The van der Waals surface area contributed by atoms with Crippen molar-refractivity contribution >= 4 is 75.0 Å². The predicted molar refractivity (Wildman–Crippen MR) is 139 cm³/mol. The molecule has 0 saturated carbocycles. The van der Waals surface area contributed by atoms with Crippen LogP contribution in [-0.4, -0.2) is 88.6 Å². The molecule has 3 unspecified atom stereocenters. The molecule has 2 aliphatic heterocycles. The molecule has 0 aromatic carbocycles. The fourth-order valence-electron chi connectivity index (χ4n) is 4.05. The van der Waals surface area contributed by atoms with Crippen LogP contribution in [0.4, 0.5) is 5.13 Å². The first-order valence-electron chi connectivity index (χ1n) is 11.2. The summed E-state index contributed by atoms with van der Waals surface area (Å²) >= 11 is 4.88. The normalized spacial score (nSPS) is 27.4. The number of nitrogen functional groups attached to an aromatic ring is 1. The second-order valence-corrected chi connectivity index (χ2v) is 12.5. The molecule has 13 nitrogen and oxygen atoms in total. The topological polar surface area (TPSA) is 186 Å². The number of rotatable bonds is 9. The molecule has 2 fully saturated rings. The van der Waals surface area contributed by atoms with Crippen LogP contribution >= 0.6 is 46.4 Å². The predicted octanol–water partition coefficient (Wildman–Crippen LogP) is 1.06. The SMILES string of the molecule is Nc1nc(C(=NOC2CC=CCC2)C(=O)NC2C(=O)N3CC(CSc4nncs4)(C(=O)O)CS[C@H]23)ns1. The summed E-state index contributed by atoms with van der Waals surface area (Å²) < 4.78 is 4.74. The molecular formula is C20H22N8O5S4. The molecule has 37 heavy (non-hydrogen) atoms. The largest absolute Gasteiger partial charge is 0.481 e. The summed E-state index contributed by atoms with van der Waals surface area (Å²) in [5, 5.41) is 24.2. The van der Waals surface area contributed by atoms with E-state index >= 15 is 0 Å². The van der Waals surface area contributed by atoms with Gasteiger partial charge in [-0.3, -0.25) is 14.4 Å². The lowest BCUT2D eigenvalue weighted by Gasteiger charge is -2.53. The summed E-state index contributed by atoms with van der Waals surface area (Å²) in [6.07, 6.45) is 6.16. The fourth-order valence-corrected chi connectivity index (χ4v) is 7.83. The van der Waals surface area contributed by atoms with Gasteiger partial charge in [-0.05, 0) is 12.8 Å². The molecule has 0 bridgehead atoms. The van der Waals surface area contributed by atoms with E-state index in [4.69, 9.17) is 10.6 Å². The Hall–Kier alpha value is -2.76. The summed E-state index contributed by atoms with van der Waals surface area (Å²) in [6.45, 7) is 0.0421. The van der Waals surface area contributed by atoms with Crippen molar-refractivity contribution in [3.63, 3.8) is 0 Å². The summed E-state index contributed by atoms with van der Waals surface area (Å²) in [5.41, 5.74) is 5.97. The van der Waals surface area contributed by atoms with Gasteiger partial charge in [0.1, 0.15) is 28.4 Å². The summed E-state index contributed by atoms with van der Waals surface area (Å²) in [7, 11) is 0. The number of carbonyl (C=O) groups excluding carboxylic acids is 2. The number of carboxylic acids is 1. The highest BCUT2D eigenvalue weighted by molar-refractivity contribution is 8.01. The number of allylic oxidation sites excluding steroid dienone is 1. The number of anilines is 1. The molecular weight excluding hydrogens is 561 g/mol. The zero-order chi connectivity index (χ0) is 26.0. The molecule has 196 valence electrons. The molecule has 1 aliphatic carbocycles. The van der Waals surface area contributed by atoms with E-state index in [2.05, 4.69) is 36.1 Å². The van der Waals surface area contributed by atoms with Gasteiger partial charge in [0.05, 0.1) is 0 Å². The number of nitrogens with one attached hydrogen (secondary N) is 1. The van der Waals surface area contributed by atoms with E-state index in [9.17, 15) is 19.5 Å². The number of hydrogen-bond donors (Lipinski definition) is 3. The Bertz CT molecular complexity index is 1240. The Labute approximate surface area is 227 Å². The zero-order valence-electron chi connectivity index (χ0n) is 19.2. The van der Waals surface area contributed by atoms with Crippen molar-refractivity contribution in [2.24, 2.45) is 10.6 Å². The Morgan fingerprint density at radius 2 is 2.27 bits per heavy atom. The average Bonchev–Trinajstić information content (AvgIpc) is 3.58. The van der Waals surface area contributed by atoms with Crippen LogP contribution in [-0.2, 0) is 19.2 Å². The molecule has 4 atom stereocenters. The van der Waals surface area contributed by atoms with E-state index in [1.165, 1.54) is 39.8 Å². The van der Waals surface area contributed by atoms with Crippen LogP contribution in [0.1, 0.15) is 25.1 Å². The minimum absolute atomic E-state index is 0.0184. The zero-order valence-corrected chi connectivity index (χ0v) is 22.4. The molecule has 4 N–H and O–H groups in total. The van der Waals surface area contributed by atoms with E-state index in [0.29, 0.717) is 10.8 Å². The van der Waals surface area contributed by atoms with Crippen molar-refractivity contribution in [2.75, 3.05) is 23.8 Å². The van der Waals surface area contributed by atoms with Gasteiger partial charge in [-0.2, -0.15) is 9.36 Å². The lowest BCUT2D eigenvalue weighted by atomic mass is 9.89. The molecule has 4 heterocycles. The molecule has 2 amide bonds. The van der Waals surface area contributed by atoms with Gasteiger partial charge >= 0.3 is 5.97 Å². The number of carboxylic acid groups (broad SMARTS) is 1. The Kier molecular flexibility index (Phi) is 7.64. The lowest BCUT2D eigenvalue weighted by Crippen LogP contribution is -2.74. The van der Waals surface area contributed by atoms with Gasteiger partial charge in [0.2, 0.25) is 17.4 Å². The number of nitrogens with two attached hydrogens (primary N) is 1. The van der Waals surface area contributed by atoms with Crippen molar-refractivity contribution in [1.29, 1.82) is 0 Å². The minimum atomic E-state index is -1.14. The van der Waals surface area contributed by atoms with Crippen LogP contribution in [0.5, 0.6) is 0 Å². The second kappa shape index (κ2) is 10.9. The van der Waals surface area contributed by atoms with Crippen molar-refractivity contribution in [3.8, 4) is 0 Å². The van der Waals surface area contributed by atoms with E-state index in [0.717, 1.165) is 24.4 Å². The van der Waals surface area contributed by atoms with Gasteiger partial charge in [0, 0.05) is 36.0 Å². The van der Waals surface area contributed by atoms with Crippen LogP contribution < -0.4 is 11.1 Å². The first kappa shape index (κ1) is 25.9. The fraction of sp³-hybridized carbons (Fsp3) is 0.500. The Morgan fingerprint density at radius 1 is 1.41 bits per heavy atom. The number of nitrogens with zero attached hydrogens (tertiary/aromatic N) is 6. The van der Waals surface area contributed by atoms with Crippen LogP contribution in [0.3, 0.4) is 0 Å². The number of β-lactam (4-membered cyclic amide) rings is 1. The third kappa shape index (κ3) is 5.44. The van der Waals surface area contributed by atoms with Gasteiger partial charge in [0.15, 0.2) is 9.47 Å². The maximum absolute atomic E-state index is 13.2. The third-order valence-corrected chi connectivity index (χ3v) is 10.4. The van der Waals surface area contributed by atoms with Crippen molar-refractivity contribution in [1.82, 2.24) is 29.8 Å². The number of hydrogen-bond acceptors (Lipinski definition) is 14. The monoisotopic (exact) mass is 582 g/mol. The first-order valence-corrected chi connectivity index (χ1v) is 14.9. The van der Waals surface area contributed by atoms with Crippen LogP contribution in [0.25, 0.3) is 0 Å². The Morgan fingerprint density at radius 3 is 2.95 bits per heavy atom. The molecule has 2 saturated heterocycles. The number of thioether (sulfide) groups is 2. The standard InChI is InChI=1S/C20H22N8O5S4/c21-18-24-13(27-37-18)11(26-33-10-4-2-1-3-5-10)14(29)23-12-15(30)28-6-20(17(31)32,7-34-16(12)28)8-35-19-25-22-9-36-19/h1-2,9-10,12,16H,3-8H2,(H,23,29)(H,31,32)(H2,21,24,27)/t10?,12?,16-,20?/m1/s1. The number of oxime groups is 1. The van der Waals surface area contributed by atoms with Gasteiger partial charge in [0.25, 0.3) is 5.91 Å². The smallest absolute Gasteiger partial charge is 0.313 e. The quantitative estimate of drug-likeness (QED) is 0.126. The lowest BCUT2D eigenvalue weighted by molar-refractivity contribution is -0.157. The molecule has 5 rings (SSSR count). The summed E-state index contributed by atoms with van der Waals surface area (Å²) in [6, 6.07) is -0.834. The van der Waals surface area contributed by atoms with E-state index in [1.807, 2.05) is 6.08 Å². The molecule has 0 spiro atoms. The van der Waals surface area contributed by atoms with Crippen molar-refractivity contribution in [2.45, 2.75) is 41.1 Å². The Balaban J connectivity index is 1.25. The van der Waals surface area contributed by atoms with Crippen LogP contribution in [0.2, 0.25) is 0 Å². The maximum Gasteiger partial charge on any atom is 0.313 e. The molecule has 0 radical (unpaired) electrons. The van der Waals surface area contributed by atoms with Crippen LogP contribution in [0.15, 0.2) is 27.2 Å². The number of amides is 2. The highest BCUT2D eigenvalue weighted by atomic mass is 32.2. The van der Waals surface area contributed by atoms with Crippen molar-refractivity contribution < 1.29 is 24.3 Å². The van der Waals surface area contributed by atoms with Crippen molar-refractivity contribution in [3.05, 3.63) is 23.5 Å². The minimum Gasteiger partial charge on any atom is -0.481 e. The summed E-state index contributed by atoms with van der Waals surface area (Å²) in [4.78, 5) is 49.5. The van der Waals surface area contributed by atoms with Crippen LogP contribution in [0, 0.1) is 5.41 Å². The summed E-state index contributed by atoms with van der Waals surface area (Å²) in [5.74, 6) is -1.46. The number of aliphatic carboxylic acids is 1. The highest BCUT2D eigenvalue weighted by Crippen LogP contribution is 2.44. The molecule has 2 aromatic rings. The average molecular weight is 583 g/mol. The third-order valence-electron chi connectivity index (χ3n) is 6.08. The van der Waals surface area contributed by atoms with Gasteiger partial charge in [-0.25, -0.2) is 0 Å². The van der Waals surface area contributed by atoms with E-state index in [1.54, 1.807) is 5.51 Å². The molecule has 2 aromatic heterocycles. The second-order valence-electron chi connectivity index (χ2n) is 8.61. The molecule has 3 aliphatic rings. The van der Waals surface area contributed by atoms with Gasteiger partial charge in [-0.15, -0.1) is 22.0 Å². The maximum atomic E-state index is 13.2.